The number of hydrogen-bond acceptors (Lipinski definition) is 2. The number of rotatable bonds is 6. The Balaban J connectivity index is 1.97. The molecule has 4 nitrogen and oxygen atoms in total. The third-order valence-corrected chi connectivity index (χ3v) is 3.12. The Labute approximate surface area is 129 Å². The summed E-state index contributed by atoms with van der Waals surface area (Å²) in [4.78, 5) is 23.1. The van der Waals surface area contributed by atoms with Gasteiger partial charge in [0.25, 0.3) is 0 Å². The summed E-state index contributed by atoms with van der Waals surface area (Å²) in [6.07, 6.45) is 3.24. The van der Waals surface area contributed by atoms with E-state index in [0.29, 0.717) is 0 Å². The van der Waals surface area contributed by atoms with Gasteiger partial charge in [-0.15, -0.1) is 0 Å². The van der Waals surface area contributed by atoms with E-state index in [0.717, 1.165) is 11.1 Å². The molecule has 0 aliphatic carbocycles. The molecule has 1 atom stereocenters. The molecule has 0 radical (unpaired) electrons. The lowest BCUT2D eigenvalue weighted by Crippen LogP contribution is -2.41. The molecule has 112 valence electrons. The summed E-state index contributed by atoms with van der Waals surface area (Å²) in [7, 11) is 0. The largest absolute Gasteiger partial charge is 0.480 e. The van der Waals surface area contributed by atoms with Crippen LogP contribution in [0, 0.1) is 0 Å². The van der Waals surface area contributed by atoms with Gasteiger partial charge in [-0.3, -0.25) is 4.79 Å². The van der Waals surface area contributed by atoms with Crippen LogP contribution < -0.4 is 5.32 Å². The van der Waals surface area contributed by atoms with Gasteiger partial charge >= 0.3 is 5.97 Å². The van der Waals surface area contributed by atoms with Crippen LogP contribution in [-0.4, -0.2) is 23.0 Å². The highest BCUT2D eigenvalue weighted by atomic mass is 16.4. The Morgan fingerprint density at radius 2 is 1.59 bits per heavy atom. The molecule has 0 bridgehead atoms. The maximum atomic E-state index is 11.9. The number of aliphatic carboxylic acids is 1. The normalized spacial score (nSPS) is 12.0. The fourth-order valence-electron chi connectivity index (χ4n) is 2.01. The zero-order valence-corrected chi connectivity index (χ0v) is 12.0. The van der Waals surface area contributed by atoms with E-state index in [4.69, 9.17) is 0 Å². The molecule has 0 saturated carbocycles. The molecule has 0 saturated heterocycles. The van der Waals surface area contributed by atoms with Crippen molar-refractivity contribution >= 4 is 18.0 Å². The number of carbonyl (C=O) groups excluding carboxylic acids is 1. The highest BCUT2D eigenvalue weighted by Gasteiger charge is 2.19. The molecule has 4 heteroatoms. The van der Waals surface area contributed by atoms with Gasteiger partial charge in [-0.1, -0.05) is 60.7 Å². The fraction of sp³-hybridized carbons (Fsp3) is 0.111. The van der Waals surface area contributed by atoms with Crippen LogP contribution in [0.1, 0.15) is 11.1 Å². The molecule has 0 aliphatic heterocycles. The molecule has 2 rings (SSSR count). The Kier molecular flexibility index (Phi) is 5.49. The van der Waals surface area contributed by atoms with Gasteiger partial charge in [0.05, 0.1) is 0 Å². The van der Waals surface area contributed by atoms with E-state index in [1.165, 1.54) is 6.08 Å². The van der Waals surface area contributed by atoms with Gasteiger partial charge in [0, 0.05) is 12.5 Å². The summed E-state index contributed by atoms with van der Waals surface area (Å²) in [6, 6.07) is 17.6. The Morgan fingerprint density at radius 1 is 1.00 bits per heavy atom. The first-order valence-corrected chi connectivity index (χ1v) is 6.95. The van der Waals surface area contributed by atoms with Crippen LogP contribution in [0.4, 0.5) is 0 Å². The van der Waals surface area contributed by atoms with Crippen molar-refractivity contribution in [3.05, 3.63) is 77.9 Å². The standard InChI is InChI=1S/C18H17NO3/c20-17(12-11-14-7-3-1-4-8-14)19-16(18(21)22)13-15-9-5-2-6-10-15/h1-12,16H,13H2,(H,19,20)(H,21,22)/t16-/m0/s1. The van der Waals surface area contributed by atoms with E-state index in [2.05, 4.69) is 5.32 Å². The molecule has 2 aromatic carbocycles. The van der Waals surface area contributed by atoms with Gasteiger partial charge in [0.1, 0.15) is 6.04 Å². The first-order chi connectivity index (χ1) is 10.6. The quantitative estimate of drug-likeness (QED) is 0.805. The third kappa shape index (κ3) is 4.90. The summed E-state index contributed by atoms with van der Waals surface area (Å²) >= 11 is 0. The molecular formula is C18H17NO3. The Bertz CT molecular complexity index is 651. The van der Waals surface area contributed by atoms with E-state index in [1.54, 1.807) is 6.08 Å². The number of carboxylic acid groups (broad SMARTS) is 1. The molecule has 0 aliphatic rings. The summed E-state index contributed by atoms with van der Waals surface area (Å²) < 4.78 is 0. The van der Waals surface area contributed by atoms with Crippen molar-refractivity contribution in [1.82, 2.24) is 5.32 Å². The average Bonchev–Trinajstić information content (AvgIpc) is 2.54. The monoisotopic (exact) mass is 295 g/mol. The second-order valence-electron chi connectivity index (χ2n) is 4.83. The van der Waals surface area contributed by atoms with Crippen LogP contribution in [-0.2, 0) is 16.0 Å². The minimum Gasteiger partial charge on any atom is -0.480 e. The minimum absolute atomic E-state index is 0.251. The molecule has 0 aromatic heterocycles. The minimum atomic E-state index is -1.05. The molecule has 1 amide bonds. The average molecular weight is 295 g/mol. The SMILES string of the molecule is O=C(C=Cc1ccccc1)N[C@@H](Cc1ccccc1)C(=O)O. The van der Waals surface area contributed by atoms with Gasteiger partial charge in [0.2, 0.25) is 5.91 Å². The van der Waals surface area contributed by atoms with E-state index in [9.17, 15) is 14.7 Å². The van der Waals surface area contributed by atoms with Crippen LogP contribution in [0.5, 0.6) is 0 Å². The lowest BCUT2D eigenvalue weighted by atomic mass is 10.1. The molecule has 0 heterocycles. The molecule has 0 fully saturated rings. The van der Waals surface area contributed by atoms with Gasteiger partial charge in [-0.2, -0.15) is 0 Å². The Hall–Kier alpha value is -2.88. The topological polar surface area (TPSA) is 66.4 Å². The predicted molar refractivity (Wildman–Crippen MR) is 85.2 cm³/mol. The highest BCUT2D eigenvalue weighted by molar-refractivity contribution is 5.94. The summed E-state index contributed by atoms with van der Waals surface area (Å²) in [6.45, 7) is 0. The van der Waals surface area contributed by atoms with Crippen molar-refractivity contribution in [2.75, 3.05) is 0 Å². The number of carbonyl (C=O) groups is 2. The van der Waals surface area contributed by atoms with Crippen LogP contribution >= 0.6 is 0 Å². The number of amides is 1. The van der Waals surface area contributed by atoms with Crippen molar-refractivity contribution in [1.29, 1.82) is 0 Å². The maximum Gasteiger partial charge on any atom is 0.326 e. The van der Waals surface area contributed by atoms with E-state index >= 15 is 0 Å². The molecular weight excluding hydrogens is 278 g/mol. The lowest BCUT2D eigenvalue weighted by molar-refractivity contribution is -0.141. The molecule has 22 heavy (non-hydrogen) atoms. The third-order valence-electron chi connectivity index (χ3n) is 3.12. The smallest absolute Gasteiger partial charge is 0.326 e. The fourth-order valence-corrected chi connectivity index (χ4v) is 2.01. The molecule has 2 aromatic rings. The summed E-state index contributed by atoms with van der Waals surface area (Å²) in [5.74, 6) is -1.47. The highest BCUT2D eigenvalue weighted by Crippen LogP contribution is 2.04. The van der Waals surface area contributed by atoms with Crippen molar-refractivity contribution in [2.24, 2.45) is 0 Å². The van der Waals surface area contributed by atoms with Crippen molar-refractivity contribution < 1.29 is 14.7 Å². The first-order valence-electron chi connectivity index (χ1n) is 6.95. The van der Waals surface area contributed by atoms with Crippen molar-refractivity contribution in [3.8, 4) is 0 Å². The second-order valence-corrected chi connectivity index (χ2v) is 4.83. The molecule has 0 unspecified atom stereocenters. The number of benzene rings is 2. The lowest BCUT2D eigenvalue weighted by Gasteiger charge is -2.13. The second kappa shape index (κ2) is 7.78. The summed E-state index contributed by atoms with van der Waals surface area (Å²) in [5, 5.41) is 11.7. The zero-order chi connectivity index (χ0) is 15.8. The van der Waals surface area contributed by atoms with Crippen LogP contribution in [0.15, 0.2) is 66.7 Å². The maximum absolute atomic E-state index is 11.9. The van der Waals surface area contributed by atoms with Crippen molar-refractivity contribution in [2.45, 2.75) is 12.5 Å². The summed E-state index contributed by atoms with van der Waals surface area (Å²) in [5.41, 5.74) is 1.75. The number of hydrogen-bond donors (Lipinski definition) is 2. The van der Waals surface area contributed by atoms with Gasteiger partial charge in [0.15, 0.2) is 0 Å². The van der Waals surface area contributed by atoms with Gasteiger partial charge in [-0.25, -0.2) is 4.79 Å². The Morgan fingerprint density at radius 3 is 2.18 bits per heavy atom. The van der Waals surface area contributed by atoms with E-state index in [1.807, 2.05) is 60.7 Å². The predicted octanol–water partition coefficient (Wildman–Crippen LogP) is 2.51. The van der Waals surface area contributed by atoms with E-state index < -0.39 is 17.9 Å². The van der Waals surface area contributed by atoms with Gasteiger partial charge < -0.3 is 10.4 Å². The zero-order valence-electron chi connectivity index (χ0n) is 12.0. The molecule has 2 N–H and O–H groups in total. The van der Waals surface area contributed by atoms with Crippen LogP contribution in [0.3, 0.4) is 0 Å². The van der Waals surface area contributed by atoms with Crippen molar-refractivity contribution in [3.63, 3.8) is 0 Å². The van der Waals surface area contributed by atoms with Gasteiger partial charge in [-0.05, 0) is 17.2 Å². The molecule has 0 spiro atoms. The number of carboxylic acids is 1. The van der Waals surface area contributed by atoms with E-state index in [-0.39, 0.29) is 6.42 Å². The number of nitrogens with one attached hydrogen (secondary N) is 1. The first kappa shape index (κ1) is 15.5. The van der Waals surface area contributed by atoms with Crippen LogP contribution in [0.2, 0.25) is 0 Å². The van der Waals surface area contributed by atoms with Crippen LogP contribution in [0.25, 0.3) is 6.08 Å².